The Bertz CT molecular complexity index is 1420. The van der Waals surface area contributed by atoms with Crippen LogP contribution in [-0.2, 0) is 11.2 Å². The molecule has 0 radical (unpaired) electrons. The number of carbonyl (C=O) groups excluding carboxylic acids is 1. The summed E-state index contributed by atoms with van der Waals surface area (Å²) in [6.45, 7) is 9.45. The van der Waals surface area contributed by atoms with Gasteiger partial charge in [0, 0.05) is 22.8 Å². The minimum Gasteiger partial charge on any atom is -0.353 e. The first kappa shape index (κ1) is 22.8. The van der Waals surface area contributed by atoms with Crippen molar-refractivity contribution >= 4 is 22.2 Å². The maximum atomic E-state index is 13.9. The van der Waals surface area contributed by atoms with Crippen molar-refractivity contribution < 1.29 is 9.18 Å². The molecule has 0 aliphatic carbocycles. The van der Waals surface area contributed by atoms with Gasteiger partial charge in [-0.15, -0.1) is 11.3 Å². The Kier molecular flexibility index (Phi) is 6.16. The molecule has 0 aliphatic rings. The summed E-state index contributed by atoms with van der Waals surface area (Å²) in [7, 11) is 0. The second-order valence-electron chi connectivity index (χ2n) is 8.29. The first-order valence-corrected chi connectivity index (χ1v) is 11.7. The second-order valence-corrected chi connectivity index (χ2v) is 9.13. The van der Waals surface area contributed by atoms with Gasteiger partial charge in [-0.2, -0.15) is 5.10 Å². The van der Waals surface area contributed by atoms with E-state index in [0.717, 1.165) is 17.7 Å². The summed E-state index contributed by atoms with van der Waals surface area (Å²) in [6, 6.07) is 6.38. The number of nitrogens with zero attached hydrogens (tertiary/aromatic N) is 4. The average molecular weight is 468 g/mol. The third-order valence-corrected chi connectivity index (χ3v) is 6.60. The minimum atomic E-state index is -0.357. The predicted octanol–water partition coefficient (Wildman–Crippen LogP) is 4.13. The zero-order valence-corrected chi connectivity index (χ0v) is 20.1. The van der Waals surface area contributed by atoms with Gasteiger partial charge < -0.3 is 5.32 Å². The van der Waals surface area contributed by atoms with Gasteiger partial charge in [0.25, 0.3) is 5.56 Å². The van der Waals surface area contributed by atoms with Crippen LogP contribution in [0, 0.1) is 26.6 Å². The van der Waals surface area contributed by atoms with Crippen LogP contribution < -0.4 is 10.9 Å². The Labute approximate surface area is 194 Å². The van der Waals surface area contributed by atoms with E-state index in [-0.39, 0.29) is 29.7 Å². The Balaban J connectivity index is 1.80. The third kappa shape index (κ3) is 4.32. The van der Waals surface area contributed by atoms with E-state index in [9.17, 15) is 14.0 Å². The number of halogens is 1. The molecule has 1 aromatic carbocycles. The number of thiazole rings is 1. The normalized spacial score (nSPS) is 12.3. The molecule has 0 spiro atoms. The number of nitrogens with one attached hydrogen (secondary N) is 1. The molecule has 3 heterocycles. The molecule has 7 nitrogen and oxygen atoms in total. The highest BCUT2D eigenvalue weighted by Gasteiger charge is 2.20. The van der Waals surface area contributed by atoms with Gasteiger partial charge in [-0.25, -0.2) is 14.1 Å². The summed E-state index contributed by atoms with van der Waals surface area (Å²) in [5.41, 5.74) is 3.94. The molecule has 0 saturated heterocycles. The van der Waals surface area contributed by atoms with Crippen LogP contribution in [-0.4, -0.2) is 31.1 Å². The van der Waals surface area contributed by atoms with Crippen LogP contribution in [0.5, 0.6) is 0 Å². The number of carbonyl (C=O) groups is 1. The van der Waals surface area contributed by atoms with Gasteiger partial charge in [0.05, 0.1) is 23.4 Å². The number of aromatic nitrogens is 4. The van der Waals surface area contributed by atoms with Crippen LogP contribution >= 0.6 is 11.3 Å². The summed E-state index contributed by atoms with van der Waals surface area (Å²) < 4.78 is 17.0. The molecule has 1 unspecified atom stereocenters. The third-order valence-electron chi connectivity index (χ3n) is 5.73. The highest BCUT2D eigenvalue weighted by atomic mass is 32.1. The monoisotopic (exact) mass is 467 g/mol. The molecule has 0 saturated carbocycles. The summed E-state index contributed by atoms with van der Waals surface area (Å²) in [5, 5.41) is 9.35. The number of aryl methyl sites for hydroxylation is 3. The fourth-order valence-electron chi connectivity index (χ4n) is 3.77. The number of benzene rings is 1. The SMILES string of the molecule is CCC(C)NC(=O)Cc1csc2nc(C)c(-c3cc(C)n(-c4cc(F)ccc4C)n3)c(=O)n12. The van der Waals surface area contributed by atoms with Crippen LogP contribution in [0.3, 0.4) is 0 Å². The van der Waals surface area contributed by atoms with Gasteiger partial charge >= 0.3 is 0 Å². The van der Waals surface area contributed by atoms with Gasteiger partial charge in [-0.05, 0) is 57.9 Å². The van der Waals surface area contributed by atoms with E-state index in [4.69, 9.17) is 0 Å². The molecule has 0 aliphatic heterocycles. The number of hydrogen-bond donors (Lipinski definition) is 1. The molecule has 1 N–H and O–H groups in total. The fraction of sp³-hybridized carbons (Fsp3) is 0.333. The summed E-state index contributed by atoms with van der Waals surface area (Å²) in [4.78, 5) is 31.1. The van der Waals surface area contributed by atoms with Crippen LogP contribution in [0.4, 0.5) is 4.39 Å². The zero-order valence-electron chi connectivity index (χ0n) is 19.3. The molecule has 0 bridgehead atoms. The van der Waals surface area contributed by atoms with Gasteiger partial charge in [-0.1, -0.05) is 13.0 Å². The quantitative estimate of drug-likeness (QED) is 0.462. The lowest BCUT2D eigenvalue weighted by atomic mass is 10.1. The molecule has 4 rings (SSSR count). The highest BCUT2D eigenvalue weighted by Crippen LogP contribution is 2.25. The zero-order chi connectivity index (χ0) is 23.9. The molecule has 33 heavy (non-hydrogen) atoms. The van der Waals surface area contributed by atoms with Crippen molar-refractivity contribution in [2.75, 3.05) is 0 Å². The van der Waals surface area contributed by atoms with Crippen molar-refractivity contribution in [3.8, 4) is 16.9 Å². The first-order chi connectivity index (χ1) is 15.7. The van der Waals surface area contributed by atoms with Crippen molar-refractivity contribution in [2.24, 2.45) is 0 Å². The number of rotatable bonds is 6. The highest BCUT2D eigenvalue weighted by molar-refractivity contribution is 7.15. The molecule has 1 atom stereocenters. The van der Waals surface area contributed by atoms with Crippen molar-refractivity contribution in [1.29, 1.82) is 0 Å². The maximum absolute atomic E-state index is 13.9. The summed E-state index contributed by atoms with van der Waals surface area (Å²) >= 11 is 1.33. The van der Waals surface area contributed by atoms with Crippen LogP contribution in [0.2, 0.25) is 0 Å². The Hall–Kier alpha value is -3.33. The topological polar surface area (TPSA) is 81.3 Å². The number of hydrogen-bond acceptors (Lipinski definition) is 5. The smallest absolute Gasteiger partial charge is 0.268 e. The van der Waals surface area contributed by atoms with Crippen molar-refractivity contribution in [3.05, 3.63) is 68.5 Å². The van der Waals surface area contributed by atoms with Crippen molar-refractivity contribution in [2.45, 2.75) is 53.5 Å². The van der Waals surface area contributed by atoms with Gasteiger partial charge in [0.1, 0.15) is 11.5 Å². The minimum absolute atomic E-state index is 0.0632. The van der Waals surface area contributed by atoms with E-state index in [1.807, 2.05) is 27.7 Å². The van der Waals surface area contributed by atoms with Crippen LogP contribution in [0.1, 0.15) is 42.9 Å². The summed E-state index contributed by atoms with van der Waals surface area (Å²) in [5.74, 6) is -0.496. The number of fused-ring (bicyclic) bond motifs is 1. The van der Waals surface area contributed by atoms with E-state index in [1.54, 1.807) is 29.1 Å². The molecule has 9 heteroatoms. The Morgan fingerprint density at radius 2 is 2.00 bits per heavy atom. The van der Waals surface area contributed by atoms with Gasteiger partial charge in [0.15, 0.2) is 4.96 Å². The van der Waals surface area contributed by atoms with E-state index >= 15 is 0 Å². The van der Waals surface area contributed by atoms with E-state index in [0.29, 0.717) is 33.3 Å². The Morgan fingerprint density at radius 3 is 2.73 bits per heavy atom. The largest absolute Gasteiger partial charge is 0.353 e. The first-order valence-electron chi connectivity index (χ1n) is 10.8. The lowest BCUT2D eigenvalue weighted by molar-refractivity contribution is -0.121. The van der Waals surface area contributed by atoms with Crippen molar-refractivity contribution in [3.63, 3.8) is 0 Å². The Morgan fingerprint density at radius 1 is 1.24 bits per heavy atom. The fourth-order valence-corrected chi connectivity index (χ4v) is 4.69. The molecule has 172 valence electrons. The van der Waals surface area contributed by atoms with E-state index < -0.39 is 0 Å². The van der Waals surface area contributed by atoms with Crippen LogP contribution in [0.25, 0.3) is 21.9 Å². The summed E-state index contributed by atoms with van der Waals surface area (Å²) in [6.07, 6.45) is 0.915. The molecule has 4 aromatic rings. The second kappa shape index (κ2) is 8.90. The standard InChI is InChI=1S/C24H26FN5O2S/c1-6-14(3)26-21(31)11-18-12-33-24-27-16(5)22(23(32)29(18)24)19-9-15(4)30(28-19)20-10-17(25)8-7-13(20)2/h7-10,12,14H,6,11H2,1-5H3,(H,26,31). The lowest BCUT2D eigenvalue weighted by Gasteiger charge is -2.11. The van der Waals surface area contributed by atoms with Crippen molar-refractivity contribution in [1.82, 2.24) is 24.5 Å². The number of amides is 1. The van der Waals surface area contributed by atoms with E-state index in [1.165, 1.54) is 27.9 Å². The lowest BCUT2D eigenvalue weighted by Crippen LogP contribution is -2.34. The van der Waals surface area contributed by atoms with Gasteiger partial charge in [0.2, 0.25) is 5.91 Å². The molecule has 0 fully saturated rings. The average Bonchev–Trinajstić information content (AvgIpc) is 3.33. The maximum Gasteiger partial charge on any atom is 0.268 e. The molecule has 1 amide bonds. The van der Waals surface area contributed by atoms with Gasteiger partial charge in [-0.3, -0.25) is 14.0 Å². The molecule has 3 aromatic heterocycles. The molecular weight excluding hydrogens is 441 g/mol. The van der Waals surface area contributed by atoms with Crippen LogP contribution in [0.15, 0.2) is 34.4 Å². The van der Waals surface area contributed by atoms with E-state index in [2.05, 4.69) is 15.4 Å². The predicted molar refractivity (Wildman–Crippen MR) is 128 cm³/mol. The molecular formula is C24H26FN5O2S.